The van der Waals surface area contributed by atoms with Crippen LogP contribution < -0.4 is 14.8 Å². The van der Waals surface area contributed by atoms with Gasteiger partial charge in [-0.15, -0.1) is 11.3 Å². The second-order valence-corrected chi connectivity index (χ2v) is 6.39. The SMILES string of the molecule is CNCc1cc(Cl)cc(OC)c1OCc1nc(C)c(C)s1. The van der Waals surface area contributed by atoms with E-state index in [-0.39, 0.29) is 0 Å². The summed E-state index contributed by atoms with van der Waals surface area (Å²) in [7, 11) is 3.49. The van der Waals surface area contributed by atoms with Gasteiger partial charge in [0.05, 0.1) is 12.8 Å². The van der Waals surface area contributed by atoms with Crippen LogP contribution in [0.2, 0.25) is 5.02 Å². The minimum Gasteiger partial charge on any atom is -0.493 e. The van der Waals surface area contributed by atoms with E-state index in [4.69, 9.17) is 21.1 Å². The number of hydrogen-bond acceptors (Lipinski definition) is 5. The van der Waals surface area contributed by atoms with E-state index in [1.165, 1.54) is 4.88 Å². The molecular weight excluding hydrogens is 308 g/mol. The summed E-state index contributed by atoms with van der Waals surface area (Å²) in [6, 6.07) is 3.64. The Kier molecular flexibility index (Phi) is 5.45. The first kappa shape index (κ1) is 16.1. The molecule has 2 rings (SSSR count). The normalized spacial score (nSPS) is 10.7. The highest BCUT2D eigenvalue weighted by Gasteiger charge is 2.14. The molecule has 0 unspecified atom stereocenters. The van der Waals surface area contributed by atoms with Crippen LogP contribution in [0.4, 0.5) is 0 Å². The molecule has 6 heteroatoms. The molecule has 1 aromatic heterocycles. The third kappa shape index (κ3) is 3.87. The fourth-order valence-electron chi connectivity index (χ4n) is 1.99. The molecular formula is C15H19ClN2O2S. The zero-order chi connectivity index (χ0) is 15.4. The van der Waals surface area contributed by atoms with Gasteiger partial charge in [0.25, 0.3) is 0 Å². The highest BCUT2D eigenvalue weighted by atomic mass is 35.5. The number of ether oxygens (including phenoxy) is 2. The maximum atomic E-state index is 6.10. The molecule has 1 aromatic carbocycles. The Morgan fingerprint density at radius 3 is 2.67 bits per heavy atom. The number of rotatable bonds is 6. The molecule has 0 aliphatic heterocycles. The average molecular weight is 327 g/mol. The van der Waals surface area contributed by atoms with Gasteiger partial charge in [-0.05, 0) is 27.0 Å². The van der Waals surface area contributed by atoms with Gasteiger partial charge in [-0.25, -0.2) is 4.98 Å². The zero-order valence-corrected chi connectivity index (χ0v) is 14.2. The molecule has 4 nitrogen and oxygen atoms in total. The summed E-state index contributed by atoms with van der Waals surface area (Å²) >= 11 is 7.75. The molecule has 0 saturated heterocycles. The summed E-state index contributed by atoms with van der Waals surface area (Å²) < 4.78 is 11.3. The molecule has 1 heterocycles. The van der Waals surface area contributed by atoms with Crippen molar-refractivity contribution in [2.75, 3.05) is 14.2 Å². The summed E-state index contributed by atoms with van der Waals surface area (Å²) in [6.07, 6.45) is 0. The van der Waals surface area contributed by atoms with Crippen molar-refractivity contribution in [1.29, 1.82) is 0 Å². The maximum absolute atomic E-state index is 6.10. The monoisotopic (exact) mass is 326 g/mol. The van der Waals surface area contributed by atoms with Gasteiger partial charge in [0, 0.05) is 28.1 Å². The van der Waals surface area contributed by atoms with E-state index in [0.29, 0.717) is 29.7 Å². The summed E-state index contributed by atoms with van der Waals surface area (Å²) in [5.74, 6) is 1.35. The molecule has 0 saturated carbocycles. The number of aromatic nitrogens is 1. The summed E-state index contributed by atoms with van der Waals surface area (Å²) in [5.41, 5.74) is 2.02. The molecule has 0 spiro atoms. The largest absolute Gasteiger partial charge is 0.493 e. The fraction of sp³-hybridized carbons (Fsp3) is 0.400. The molecule has 0 atom stereocenters. The van der Waals surface area contributed by atoms with Gasteiger partial charge in [0.1, 0.15) is 11.6 Å². The van der Waals surface area contributed by atoms with E-state index < -0.39 is 0 Å². The van der Waals surface area contributed by atoms with Crippen molar-refractivity contribution in [3.8, 4) is 11.5 Å². The second kappa shape index (κ2) is 7.11. The lowest BCUT2D eigenvalue weighted by atomic mass is 10.2. The lowest BCUT2D eigenvalue weighted by molar-refractivity contribution is 0.280. The van der Waals surface area contributed by atoms with Gasteiger partial charge in [0.2, 0.25) is 0 Å². The second-order valence-electron chi connectivity index (χ2n) is 4.66. The van der Waals surface area contributed by atoms with Crippen LogP contribution >= 0.6 is 22.9 Å². The van der Waals surface area contributed by atoms with Crippen molar-refractivity contribution in [3.05, 3.63) is 38.3 Å². The third-order valence-corrected chi connectivity index (χ3v) is 4.36. The third-order valence-electron chi connectivity index (χ3n) is 3.10. The van der Waals surface area contributed by atoms with Crippen molar-refractivity contribution in [3.63, 3.8) is 0 Å². The summed E-state index contributed by atoms with van der Waals surface area (Å²) in [5, 5.41) is 4.69. The van der Waals surface area contributed by atoms with Crippen LogP contribution in [0.1, 0.15) is 21.1 Å². The van der Waals surface area contributed by atoms with E-state index >= 15 is 0 Å². The first-order valence-electron chi connectivity index (χ1n) is 6.61. The smallest absolute Gasteiger partial charge is 0.166 e. The standard InChI is InChI=1S/C15H19ClN2O2S/c1-9-10(2)21-14(18-9)8-20-15-11(7-17-3)5-12(16)6-13(15)19-4/h5-6,17H,7-8H2,1-4H3. The Bertz CT molecular complexity index is 609. The highest BCUT2D eigenvalue weighted by molar-refractivity contribution is 7.11. The van der Waals surface area contributed by atoms with Gasteiger partial charge < -0.3 is 14.8 Å². The van der Waals surface area contributed by atoms with E-state index in [0.717, 1.165) is 16.3 Å². The minimum absolute atomic E-state index is 0.425. The molecule has 0 radical (unpaired) electrons. The van der Waals surface area contributed by atoms with Crippen molar-refractivity contribution < 1.29 is 9.47 Å². The lowest BCUT2D eigenvalue weighted by Crippen LogP contribution is -2.08. The molecule has 2 aromatic rings. The summed E-state index contributed by atoms with van der Waals surface area (Å²) in [6.45, 7) is 5.15. The van der Waals surface area contributed by atoms with Crippen LogP contribution in [0.3, 0.4) is 0 Å². The predicted molar refractivity (Wildman–Crippen MR) is 86.7 cm³/mol. The van der Waals surface area contributed by atoms with Crippen molar-refractivity contribution in [2.24, 2.45) is 0 Å². The van der Waals surface area contributed by atoms with Crippen molar-refractivity contribution in [1.82, 2.24) is 10.3 Å². The number of benzene rings is 1. The van der Waals surface area contributed by atoms with Crippen LogP contribution in [-0.2, 0) is 13.2 Å². The van der Waals surface area contributed by atoms with Gasteiger partial charge in [-0.2, -0.15) is 0 Å². The van der Waals surface area contributed by atoms with Gasteiger partial charge in [-0.1, -0.05) is 11.6 Å². The topological polar surface area (TPSA) is 43.4 Å². The number of halogens is 1. The van der Waals surface area contributed by atoms with E-state index in [2.05, 4.69) is 17.2 Å². The molecule has 0 bridgehead atoms. The van der Waals surface area contributed by atoms with Crippen LogP contribution in [0.15, 0.2) is 12.1 Å². The quantitative estimate of drug-likeness (QED) is 0.878. The van der Waals surface area contributed by atoms with E-state index in [1.807, 2.05) is 20.0 Å². The van der Waals surface area contributed by atoms with E-state index in [9.17, 15) is 0 Å². The number of methoxy groups -OCH3 is 1. The number of nitrogens with one attached hydrogen (secondary N) is 1. The van der Waals surface area contributed by atoms with Crippen LogP contribution in [0.25, 0.3) is 0 Å². The Morgan fingerprint density at radius 1 is 1.33 bits per heavy atom. The van der Waals surface area contributed by atoms with Gasteiger partial charge >= 0.3 is 0 Å². The number of aryl methyl sites for hydroxylation is 2. The number of thiazole rings is 1. The summed E-state index contributed by atoms with van der Waals surface area (Å²) in [4.78, 5) is 5.70. The molecule has 0 aliphatic carbocycles. The zero-order valence-electron chi connectivity index (χ0n) is 12.6. The highest BCUT2D eigenvalue weighted by Crippen LogP contribution is 2.35. The number of nitrogens with zero attached hydrogens (tertiary/aromatic N) is 1. The molecule has 0 fully saturated rings. The minimum atomic E-state index is 0.425. The van der Waals surface area contributed by atoms with Crippen molar-refractivity contribution >= 4 is 22.9 Å². The predicted octanol–water partition coefficient (Wildman–Crippen LogP) is 3.72. The van der Waals surface area contributed by atoms with Gasteiger partial charge in [0.15, 0.2) is 11.5 Å². The molecule has 21 heavy (non-hydrogen) atoms. The van der Waals surface area contributed by atoms with Crippen molar-refractivity contribution in [2.45, 2.75) is 27.0 Å². The molecule has 1 N–H and O–H groups in total. The average Bonchev–Trinajstić information content (AvgIpc) is 2.76. The molecule has 114 valence electrons. The van der Waals surface area contributed by atoms with Crippen LogP contribution in [0, 0.1) is 13.8 Å². The Balaban J connectivity index is 2.24. The first-order chi connectivity index (χ1) is 10.0. The Hall–Kier alpha value is -1.30. The first-order valence-corrected chi connectivity index (χ1v) is 7.81. The molecule has 0 amide bonds. The van der Waals surface area contributed by atoms with Gasteiger partial charge in [-0.3, -0.25) is 0 Å². The van der Waals surface area contributed by atoms with E-state index in [1.54, 1.807) is 24.5 Å². The number of hydrogen-bond donors (Lipinski definition) is 1. The van der Waals surface area contributed by atoms with Crippen LogP contribution in [-0.4, -0.2) is 19.1 Å². The molecule has 0 aliphatic rings. The fourth-order valence-corrected chi connectivity index (χ4v) is 3.07. The Morgan fingerprint density at radius 2 is 2.10 bits per heavy atom. The maximum Gasteiger partial charge on any atom is 0.166 e. The lowest BCUT2D eigenvalue weighted by Gasteiger charge is -2.15. The Labute approximate surface area is 134 Å². The van der Waals surface area contributed by atoms with Crippen LogP contribution in [0.5, 0.6) is 11.5 Å².